The van der Waals surface area contributed by atoms with Crippen LogP contribution in [0.1, 0.15) is 13.8 Å². The van der Waals surface area contributed by atoms with E-state index in [0.717, 1.165) is 9.26 Å². The summed E-state index contributed by atoms with van der Waals surface area (Å²) in [5.41, 5.74) is 0.973. The zero-order chi connectivity index (χ0) is 11.3. The van der Waals surface area contributed by atoms with E-state index in [2.05, 4.69) is 33.2 Å². The van der Waals surface area contributed by atoms with Gasteiger partial charge in [-0.2, -0.15) is 0 Å². The van der Waals surface area contributed by atoms with Crippen molar-refractivity contribution in [3.05, 3.63) is 27.8 Å². The number of hydrogen-bond donors (Lipinski definition) is 2. The van der Waals surface area contributed by atoms with Crippen LogP contribution in [-0.2, 0) is 4.79 Å². The van der Waals surface area contributed by atoms with Gasteiger partial charge in [0, 0.05) is 15.3 Å². The van der Waals surface area contributed by atoms with Crippen molar-refractivity contribution >= 4 is 34.2 Å². The molecule has 0 aliphatic carbocycles. The minimum absolute atomic E-state index is 0.0175. The van der Waals surface area contributed by atoms with Gasteiger partial charge in [-0.1, -0.05) is 6.07 Å². The number of halogens is 1. The third-order valence-electron chi connectivity index (χ3n) is 1.73. The van der Waals surface area contributed by atoms with Crippen LogP contribution < -0.4 is 10.6 Å². The van der Waals surface area contributed by atoms with E-state index in [0.29, 0.717) is 6.54 Å². The summed E-state index contributed by atoms with van der Waals surface area (Å²) >= 11 is 2.24. The molecule has 0 aliphatic heterocycles. The molecule has 0 aliphatic rings. The molecule has 0 fully saturated rings. The lowest BCUT2D eigenvalue weighted by molar-refractivity contribution is -0.119. The van der Waals surface area contributed by atoms with Crippen LogP contribution in [0.5, 0.6) is 0 Å². The highest BCUT2D eigenvalue weighted by Crippen LogP contribution is 2.11. The number of nitrogens with one attached hydrogen (secondary N) is 2. The summed E-state index contributed by atoms with van der Waals surface area (Å²) in [6.07, 6.45) is 0. The van der Waals surface area contributed by atoms with Gasteiger partial charge in [0.1, 0.15) is 0 Å². The maximum atomic E-state index is 11.3. The Morgan fingerprint density at radius 1 is 1.47 bits per heavy atom. The molecule has 0 saturated carbocycles. The van der Waals surface area contributed by atoms with E-state index in [9.17, 15) is 4.79 Å². The van der Waals surface area contributed by atoms with Crippen molar-refractivity contribution in [2.45, 2.75) is 19.9 Å². The molecule has 0 aromatic heterocycles. The minimum Gasteiger partial charge on any atom is -0.376 e. The molecule has 0 spiro atoms. The monoisotopic (exact) mass is 318 g/mol. The zero-order valence-electron chi connectivity index (χ0n) is 8.88. The summed E-state index contributed by atoms with van der Waals surface area (Å²) in [6.45, 7) is 4.21. The summed E-state index contributed by atoms with van der Waals surface area (Å²) in [4.78, 5) is 11.3. The van der Waals surface area contributed by atoms with E-state index in [-0.39, 0.29) is 11.9 Å². The first kappa shape index (κ1) is 12.3. The Hall–Kier alpha value is -0.780. The molecule has 0 radical (unpaired) electrons. The molecule has 15 heavy (non-hydrogen) atoms. The van der Waals surface area contributed by atoms with Gasteiger partial charge in [-0.3, -0.25) is 4.79 Å². The first-order valence-corrected chi connectivity index (χ1v) is 5.94. The second-order valence-electron chi connectivity index (χ2n) is 3.59. The SMILES string of the molecule is CC(C)NC(=O)CNc1cccc(I)c1. The summed E-state index contributed by atoms with van der Waals surface area (Å²) in [6, 6.07) is 8.12. The second-order valence-corrected chi connectivity index (χ2v) is 4.83. The number of hydrogen-bond acceptors (Lipinski definition) is 2. The normalized spacial score (nSPS) is 10.1. The Morgan fingerprint density at radius 2 is 2.20 bits per heavy atom. The van der Waals surface area contributed by atoms with E-state index in [1.54, 1.807) is 0 Å². The minimum atomic E-state index is 0.0175. The Morgan fingerprint density at radius 3 is 2.80 bits per heavy atom. The lowest BCUT2D eigenvalue weighted by Crippen LogP contribution is -2.34. The number of rotatable bonds is 4. The lowest BCUT2D eigenvalue weighted by atomic mass is 10.3. The van der Waals surface area contributed by atoms with Gasteiger partial charge in [0.05, 0.1) is 6.54 Å². The van der Waals surface area contributed by atoms with E-state index in [4.69, 9.17) is 0 Å². The topological polar surface area (TPSA) is 41.1 Å². The first-order valence-electron chi connectivity index (χ1n) is 4.86. The maximum absolute atomic E-state index is 11.3. The molecule has 4 heteroatoms. The molecular weight excluding hydrogens is 303 g/mol. The number of amides is 1. The van der Waals surface area contributed by atoms with Gasteiger partial charge in [-0.25, -0.2) is 0 Å². The van der Waals surface area contributed by atoms with Crippen LogP contribution in [0.3, 0.4) is 0 Å². The summed E-state index contributed by atoms with van der Waals surface area (Å²) in [5, 5.41) is 5.90. The molecule has 0 saturated heterocycles. The first-order chi connectivity index (χ1) is 7.08. The van der Waals surface area contributed by atoms with Gasteiger partial charge in [0.2, 0.25) is 5.91 Å². The fraction of sp³-hybridized carbons (Fsp3) is 0.364. The summed E-state index contributed by atoms with van der Waals surface area (Å²) in [5.74, 6) is 0.0175. The molecule has 1 rings (SSSR count). The molecule has 82 valence electrons. The third-order valence-corrected chi connectivity index (χ3v) is 2.40. The molecule has 3 nitrogen and oxygen atoms in total. The van der Waals surface area contributed by atoms with Crippen LogP contribution in [0.4, 0.5) is 5.69 Å². The van der Waals surface area contributed by atoms with Crippen molar-refractivity contribution in [1.82, 2.24) is 5.32 Å². The molecule has 1 aromatic rings. The molecule has 0 atom stereocenters. The smallest absolute Gasteiger partial charge is 0.239 e. The molecular formula is C11H15IN2O. The van der Waals surface area contributed by atoms with Crippen LogP contribution >= 0.6 is 22.6 Å². The molecule has 0 bridgehead atoms. The predicted octanol–water partition coefficient (Wildman–Crippen LogP) is 2.23. The Balaban J connectivity index is 2.40. The van der Waals surface area contributed by atoms with Crippen LogP contribution in [-0.4, -0.2) is 18.5 Å². The fourth-order valence-corrected chi connectivity index (χ4v) is 1.70. The Labute approximate surface area is 104 Å². The van der Waals surface area contributed by atoms with Gasteiger partial charge in [-0.15, -0.1) is 0 Å². The molecule has 1 amide bonds. The quantitative estimate of drug-likeness (QED) is 0.836. The van der Waals surface area contributed by atoms with Crippen molar-refractivity contribution in [3.63, 3.8) is 0 Å². The second kappa shape index (κ2) is 5.95. The lowest BCUT2D eigenvalue weighted by Gasteiger charge is -2.10. The standard InChI is InChI=1S/C11H15IN2O/c1-8(2)14-11(15)7-13-10-5-3-4-9(12)6-10/h3-6,8,13H,7H2,1-2H3,(H,14,15). The molecule has 0 heterocycles. The number of anilines is 1. The van der Waals surface area contributed by atoms with Gasteiger partial charge in [0.25, 0.3) is 0 Å². The van der Waals surface area contributed by atoms with E-state index in [1.165, 1.54) is 0 Å². The largest absolute Gasteiger partial charge is 0.376 e. The average Bonchev–Trinajstić information content (AvgIpc) is 2.14. The molecule has 0 unspecified atom stereocenters. The number of carbonyl (C=O) groups is 1. The van der Waals surface area contributed by atoms with Crippen molar-refractivity contribution in [2.24, 2.45) is 0 Å². The van der Waals surface area contributed by atoms with Crippen LogP contribution in [0.15, 0.2) is 24.3 Å². The molecule has 2 N–H and O–H groups in total. The Bertz CT molecular complexity index is 339. The molecule has 1 aromatic carbocycles. The highest BCUT2D eigenvalue weighted by Gasteiger charge is 2.02. The van der Waals surface area contributed by atoms with Crippen LogP contribution in [0.2, 0.25) is 0 Å². The summed E-state index contributed by atoms with van der Waals surface area (Å²) < 4.78 is 1.15. The van der Waals surface area contributed by atoms with Gasteiger partial charge in [0.15, 0.2) is 0 Å². The highest BCUT2D eigenvalue weighted by molar-refractivity contribution is 14.1. The van der Waals surface area contributed by atoms with Gasteiger partial charge >= 0.3 is 0 Å². The van der Waals surface area contributed by atoms with Crippen molar-refractivity contribution in [2.75, 3.05) is 11.9 Å². The van der Waals surface area contributed by atoms with Crippen LogP contribution in [0, 0.1) is 3.57 Å². The van der Waals surface area contributed by atoms with Crippen molar-refractivity contribution < 1.29 is 4.79 Å². The predicted molar refractivity (Wildman–Crippen MR) is 70.9 cm³/mol. The number of benzene rings is 1. The van der Waals surface area contributed by atoms with E-state index < -0.39 is 0 Å². The fourth-order valence-electron chi connectivity index (χ4n) is 1.15. The highest BCUT2D eigenvalue weighted by atomic mass is 127. The zero-order valence-corrected chi connectivity index (χ0v) is 11.0. The van der Waals surface area contributed by atoms with Crippen molar-refractivity contribution in [1.29, 1.82) is 0 Å². The third kappa shape index (κ3) is 5.01. The Kier molecular flexibility index (Phi) is 4.87. The van der Waals surface area contributed by atoms with Gasteiger partial charge < -0.3 is 10.6 Å². The summed E-state index contributed by atoms with van der Waals surface area (Å²) in [7, 11) is 0. The van der Waals surface area contributed by atoms with Gasteiger partial charge in [-0.05, 0) is 54.6 Å². The van der Waals surface area contributed by atoms with Crippen LogP contribution in [0.25, 0.3) is 0 Å². The van der Waals surface area contributed by atoms with E-state index >= 15 is 0 Å². The number of carbonyl (C=O) groups excluding carboxylic acids is 1. The average molecular weight is 318 g/mol. The van der Waals surface area contributed by atoms with Crippen molar-refractivity contribution in [3.8, 4) is 0 Å². The maximum Gasteiger partial charge on any atom is 0.239 e. The van der Waals surface area contributed by atoms with E-state index in [1.807, 2.05) is 38.1 Å².